The van der Waals surface area contributed by atoms with Crippen molar-refractivity contribution in [1.29, 1.82) is 0 Å². The minimum absolute atomic E-state index is 0.200. The van der Waals surface area contributed by atoms with Crippen LogP contribution in [-0.2, 0) is 9.09 Å². The second-order valence-corrected chi connectivity index (χ2v) is 2.21. The summed E-state index contributed by atoms with van der Waals surface area (Å²) in [5, 5.41) is 3.11. The largest absolute Gasteiger partial charge is 0.327 e. The number of rotatable bonds is 4. The van der Waals surface area contributed by atoms with Crippen LogP contribution in [0.25, 0.3) is 0 Å². The van der Waals surface area contributed by atoms with E-state index >= 15 is 0 Å². The third-order valence-corrected chi connectivity index (χ3v) is 1.39. The summed E-state index contributed by atoms with van der Waals surface area (Å²) >= 11 is 0. The average Bonchev–Trinajstić information content (AvgIpc) is 2.51. The quantitative estimate of drug-likeness (QED) is 0.346. The van der Waals surface area contributed by atoms with Gasteiger partial charge >= 0.3 is 8.69 Å². The fourth-order valence-corrected chi connectivity index (χ4v) is 0.700. The molecule has 1 saturated heterocycles. The Morgan fingerprint density at radius 1 is 1.88 bits per heavy atom. The Hall–Kier alpha value is 0.0200. The highest BCUT2D eigenvalue weighted by Gasteiger charge is 2.18. The molecule has 0 aromatic rings. The molecule has 1 rings (SSSR count). The minimum Gasteiger partial charge on any atom is -0.311 e. The smallest absolute Gasteiger partial charge is 0.311 e. The van der Waals surface area contributed by atoms with Crippen molar-refractivity contribution in [3.63, 3.8) is 0 Å². The van der Waals surface area contributed by atoms with Gasteiger partial charge in [0.25, 0.3) is 0 Å². The van der Waals surface area contributed by atoms with Crippen LogP contribution in [0.3, 0.4) is 0 Å². The normalized spacial score (nSPS) is 26.2. The van der Waals surface area contributed by atoms with E-state index in [0.29, 0.717) is 12.6 Å². The van der Waals surface area contributed by atoms with Crippen molar-refractivity contribution >= 4 is 8.69 Å². The topological polar surface area (TPSA) is 48.2 Å². The first-order valence-electron chi connectivity index (χ1n) is 2.61. The van der Waals surface area contributed by atoms with E-state index in [-0.39, 0.29) is 8.69 Å². The van der Waals surface area contributed by atoms with E-state index < -0.39 is 0 Å². The molecule has 1 atom stereocenters. The van der Waals surface area contributed by atoms with Gasteiger partial charge < -0.3 is 5.32 Å². The molecule has 1 heterocycles. The van der Waals surface area contributed by atoms with Gasteiger partial charge in [0, 0.05) is 12.6 Å². The summed E-state index contributed by atoms with van der Waals surface area (Å²) in [7, 11) is -0.200. The predicted molar refractivity (Wildman–Crippen MR) is 30.0 cm³/mol. The molecule has 0 spiro atoms. The lowest BCUT2D eigenvalue weighted by molar-refractivity contribution is 0.335. The molecule has 0 aromatic carbocycles. The minimum atomic E-state index is -0.200. The summed E-state index contributed by atoms with van der Waals surface area (Å²) in [6, 6.07) is 0.636. The molecule has 0 aromatic heterocycles. The Morgan fingerprint density at radius 3 is 3.12 bits per heavy atom. The van der Waals surface area contributed by atoms with Crippen LogP contribution in [0.15, 0.2) is 0 Å². The molecule has 1 fully saturated rings. The van der Waals surface area contributed by atoms with Crippen LogP contribution in [0, 0.1) is 0 Å². The van der Waals surface area contributed by atoms with Crippen molar-refractivity contribution in [2.45, 2.75) is 12.5 Å². The highest BCUT2D eigenvalue weighted by Crippen LogP contribution is 2.04. The molecule has 8 heavy (non-hydrogen) atoms. The number of nitrogens with one attached hydrogen (secondary N) is 1. The predicted octanol–water partition coefficient (Wildman–Crippen LogP) is 0.572. The maximum absolute atomic E-state index is 9.66. The van der Waals surface area contributed by atoms with Gasteiger partial charge in [-0.2, -0.15) is 0 Å². The number of hydrogen-bond donors (Lipinski definition) is 1. The molecule has 0 radical (unpaired) electrons. The molecule has 0 saturated carbocycles. The van der Waals surface area contributed by atoms with Crippen LogP contribution >= 0.6 is 8.69 Å². The lowest BCUT2D eigenvalue weighted by Gasteiger charge is -1.88. The van der Waals surface area contributed by atoms with Gasteiger partial charge in [-0.3, -0.25) is 4.52 Å². The van der Waals surface area contributed by atoms with E-state index in [2.05, 4.69) is 9.84 Å². The van der Waals surface area contributed by atoms with Crippen LogP contribution in [0.4, 0.5) is 0 Å². The lowest BCUT2D eigenvalue weighted by Crippen LogP contribution is -1.94. The first-order chi connectivity index (χ1) is 3.93. The molecule has 46 valence electrons. The molecule has 0 bridgehead atoms. The van der Waals surface area contributed by atoms with Gasteiger partial charge in [-0.25, -0.2) is 4.57 Å². The van der Waals surface area contributed by atoms with E-state index in [9.17, 15) is 4.57 Å². The Bertz CT molecular complexity index is 84.1. The zero-order valence-electron chi connectivity index (χ0n) is 4.46. The van der Waals surface area contributed by atoms with E-state index in [4.69, 9.17) is 0 Å². The van der Waals surface area contributed by atoms with Crippen molar-refractivity contribution in [2.75, 3.05) is 13.2 Å². The van der Waals surface area contributed by atoms with E-state index in [1.807, 2.05) is 0 Å². The van der Waals surface area contributed by atoms with Crippen molar-refractivity contribution in [3.8, 4) is 0 Å². The zero-order chi connectivity index (χ0) is 5.82. The first-order valence-corrected chi connectivity index (χ1v) is 3.34. The highest BCUT2D eigenvalue weighted by molar-refractivity contribution is 7.17. The molecular weight excluding hydrogens is 125 g/mol. The maximum Gasteiger partial charge on any atom is 0.327 e. The molecule has 1 aliphatic heterocycles. The van der Waals surface area contributed by atoms with Gasteiger partial charge in [-0.05, 0) is 6.42 Å². The average molecular weight is 133 g/mol. The van der Waals surface area contributed by atoms with Crippen molar-refractivity contribution in [2.24, 2.45) is 0 Å². The van der Waals surface area contributed by atoms with Crippen LogP contribution in [0.1, 0.15) is 6.42 Å². The zero-order valence-corrected chi connectivity index (χ0v) is 5.36. The van der Waals surface area contributed by atoms with Crippen LogP contribution in [0.2, 0.25) is 0 Å². The van der Waals surface area contributed by atoms with Crippen LogP contribution < -0.4 is 5.32 Å². The van der Waals surface area contributed by atoms with E-state index in [1.54, 1.807) is 0 Å². The Balaban J connectivity index is 1.80. The third-order valence-electron chi connectivity index (χ3n) is 1.10. The molecular formula is C4H8NO2P. The SMILES string of the molecule is O=POCCC1CN1. The van der Waals surface area contributed by atoms with Crippen LogP contribution in [-0.4, -0.2) is 19.2 Å². The summed E-state index contributed by atoms with van der Waals surface area (Å²) in [6.45, 7) is 1.70. The van der Waals surface area contributed by atoms with Gasteiger partial charge in [0.1, 0.15) is 0 Å². The van der Waals surface area contributed by atoms with Gasteiger partial charge in [0.2, 0.25) is 0 Å². The molecule has 0 amide bonds. The van der Waals surface area contributed by atoms with E-state index in [1.165, 1.54) is 0 Å². The fourth-order valence-electron chi connectivity index (χ4n) is 0.520. The summed E-state index contributed by atoms with van der Waals surface area (Å²) in [4.78, 5) is 0. The van der Waals surface area contributed by atoms with Gasteiger partial charge in [-0.1, -0.05) is 0 Å². The second kappa shape index (κ2) is 3.13. The molecule has 4 heteroatoms. The molecule has 1 aliphatic rings. The first kappa shape index (κ1) is 6.14. The molecule has 3 nitrogen and oxygen atoms in total. The van der Waals surface area contributed by atoms with Crippen molar-refractivity contribution in [3.05, 3.63) is 0 Å². The van der Waals surface area contributed by atoms with Crippen molar-refractivity contribution < 1.29 is 9.09 Å². The fraction of sp³-hybridized carbons (Fsp3) is 1.00. The van der Waals surface area contributed by atoms with Crippen LogP contribution in [0.5, 0.6) is 0 Å². The maximum atomic E-state index is 9.66. The Labute approximate surface area is 49.7 Å². The Kier molecular flexibility index (Phi) is 2.40. The van der Waals surface area contributed by atoms with Gasteiger partial charge in [0.15, 0.2) is 0 Å². The Morgan fingerprint density at radius 2 is 2.62 bits per heavy atom. The van der Waals surface area contributed by atoms with E-state index in [0.717, 1.165) is 13.0 Å². The van der Waals surface area contributed by atoms with Crippen molar-refractivity contribution in [1.82, 2.24) is 5.32 Å². The summed E-state index contributed by atoms with van der Waals surface area (Å²) in [5.74, 6) is 0. The summed E-state index contributed by atoms with van der Waals surface area (Å²) < 4.78 is 14.2. The monoisotopic (exact) mass is 133 g/mol. The summed E-state index contributed by atoms with van der Waals surface area (Å²) in [5.41, 5.74) is 0. The molecule has 0 aliphatic carbocycles. The summed E-state index contributed by atoms with van der Waals surface area (Å²) in [6.07, 6.45) is 0.981. The standard InChI is InChI=1S/C4H8NO2P/c6-8-7-2-1-4-3-5-4/h4-5H,1-3H2. The third kappa shape index (κ3) is 2.36. The van der Waals surface area contributed by atoms with Gasteiger partial charge in [-0.15, -0.1) is 0 Å². The number of hydrogen-bond acceptors (Lipinski definition) is 3. The second-order valence-electron chi connectivity index (χ2n) is 1.80. The lowest BCUT2D eigenvalue weighted by atomic mass is 10.3. The molecule has 1 N–H and O–H groups in total. The van der Waals surface area contributed by atoms with Gasteiger partial charge in [0.05, 0.1) is 6.61 Å². The highest BCUT2D eigenvalue weighted by atomic mass is 31.1. The molecule has 1 unspecified atom stereocenters.